The predicted molar refractivity (Wildman–Crippen MR) is 88.4 cm³/mol. The highest BCUT2D eigenvalue weighted by Gasteiger charge is 2.15. The van der Waals surface area contributed by atoms with Crippen LogP contribution in [-0.2, 0) is 6.42 Å². The number of pyridine rings is 1. The van der Waals surface area contributed by atoms with Crippen LogP contribution in [0.15, 0.2) is 35.1 Å². The van der Waals surface area contributed by atoms with Gasteiger partial charge >= 0.3 is 0 Å². The number of aromatic hydroxyl groups is 1. The summed E-state index contributed by atoms with van der Waals surface area (Å²) >= 11 is 0. The van der Waals surface area contributed by atoms with Gasteiger partial charge in [0, 0.05) is 24.5 Å². The molecule has 0 aliphatic heterocycles. The number of hydrogen-bond acceptors (Lipinski definition) is 4. The van der Waals surface area contributed by atoms with Crippen molar-refractivity contribution in [1.82, 2.24) is 4.98 Å². The molecule has 1 aromatic heterocycles. The Bertz CT molecular complexity index is 677. The summed E-state index contributed by atoms with van der Waals surface area (Å²) in [5.74, 6) is 0.766. The number of nitrogens with one attached hydrogen (secondary N) is 1. The molecule has 0 fully saturated rings. The van der Waals surface area contributed by atoms with E-state index in [0.29, 0.717) is 5.69 Å². The fourth-order valence-electron chi connectivity index (χ4n) is 2.43. The molecule has 22 heavy (non-hydrogen) atoms. The first kappa shape index (κ1) is 15.9. The summed E-state index contributed by atoms with van der Waals surface area (Å²) < 4.78 is 5.16. The third-order valence-electron chi connectivity index (χ3n) is 3.65. The summed E-state index contributed by atoms with van der Waals surface area (Å²) in [6, 6.07) is 8.76. The van der Waals surface area contributed by atoms with Crippen molar-refractivity contribution in [3.05, 3.63) is 46.4 Å². The van der Waals surface area contributed by atoms with Crippen molar-refractivity contribution in [2.45, 2.75) is 26.2 Å². The van der Waals surface area contributed by atoms with Gasteiger partial charge < -0.3 is 19.7 Å². The molecule has 0 aliphatic carbocycles. The van der Waals surface area contributed by atoms with Crippen molar-refractivity contribution in [1.29, 1.82) is 0 Å². The lowest BCUT2D eigenvalue weighted by Crippen LogP contribution is -2.17. The average Bonchev–Trinajstić information content (AvgIpc) is 2.52. The van der Waals surface area contributed by atoms with Crippen molar-refractivity contribution in [3.8, 4) is 11.5 Å². The van der Waals surface area contributed by atoms with Crippen molar-refractivity contribution in [2.75, 3.05) is 19.1 Å². The highest BCUT2D eigenvalue weighted by Crippen LogP contribution is 2.34. The number of aryl methyl sites for hydroxylation is 1. The lowest BCUT2D eigenvalue weighted by Gasteiger charge is -2.23. The van der Waals surface area contributed by atoms with Gasteiger partial charge in [-0.2, -0.15) is 0 Å². The van der Waals surface area contributed by atoms with E-state index in [1.165, 1.54) is 6.07 Å². The van der Waals surface area contributed by atoms with Crippen LogP contribution >= 0.6 is 0 Å². The Morgan fingerprint density at radius 2 is 1.95 bits per heavy atom. The predicted octanol–water partition coefficient (Wildman–Crippen LogP) is 3.20. The van der Waals surface area contributed by atoms with Gasteiger partial charge in [-0.1, -0.05) is 13.3 Å². The van der Waals surface area contributed by atoms with E-state index in [1.807, 2.05) is 36.2 Å². The SMILES string of the molecule is CCCCc1[nH]c(=O)cc(O)c1N(C)c1ccc(OC)cc1. The molecule has 0 bridgehead atoms. The molecule has 5 nitrogen and oxygen atoms in total. The van der Waals surface area contributed by atoms with Crippen molar-refractivity contribution < 1.29 is 9.84 Å². The van der Waals surface area contributed by atoms with Gasteiger partial charge in [-0.05, 0) is 37.1 Å². The maximum Gasteiger partial charge on any atom is 0.251 e. The monoisotopic (exact) mass is 302 g/mol. The second kappa shape index (κ2) is 7.02. The lowest BCUT2D eigenvalue weighted by molar-refractivity contribution is 0.415. The Hall–Kier alpha value is -2.43. The van der Waals surface area contributed by atoms with Gasteiger partial charge in [-0.15, -0.1) is 0 Å². The summed E-state index contributed by atoms with van der Waals surface area (Å²) in [4.78, 5) is 16.3. The van der Waals surface area contributed by atoms with Crippen LogP contribution in [0.4, 0.5) is 11.4 Å². The van der Waals surface area contributed by atoms with E-state index in [0.717, 1.165) is 36.4 Å². The number of aromatic nitrogens is 1. The van der Waals surface area contributed by atoms with Gasteiger partial charge in [0.15, 0.2) is 0 Å². The number of methoxy groups -OCH3 is 1. The van der Waals surface area contributed by atoms with E-state index >= 15 is 0 Å². The number of ether oxygens (including phenoxy) is 1. The molecule has 0 aliphatic rings. The van der Waals surface area contributed by atoms with Crippen LogP contribution in [0.2, 0.25) is 0 Å². The van der Waals surface area contributed by atoms with Crippen LogP contribution in [0.3, 0.4) is 0 Å². The quantitative estimate of drug-likeness (QED) is 0.860. The van der Waals surface area contributed by atoms with E-state index in [1.54, 1.807) is 7.11 Å². The Kier molecular flexibility index (Phi) is 5.09. The Morgan fingerprint density at radius 1 is 1.27 bits per heavy atom. The third-order valence-corrected chi connectivity index (χ3v) is 3.65. The maximum absolute atomic E-state index is 11.6. The van der Waals surface area contributed by atoms with E-state index in [-0.39, 0.29) is 11.3 Å². The van der Waals surface area contributed by atoms with E-state index in [2.05, 4.69) is 11.9 Å². The molecule has 0 amide bonds. The second-order valence-electron chi connectivity index (χ2n) is 5.21. The summed E-state index contributed by atoms with van der Waals surface area (Å²) in [6.45, 7) is 2.09. The number of hydrogen-bond donors (Lipinski definition) is 2. The zero-order valence-corrected chi connectivity index (χ0v) is 13.2. The van der Waals surface area contributed by atoms with Gasteiger partial charge in [0.25, 0.3) is 5.56 Å². The topological polar surface area (TPSA) is 65.6 Å². The van der Waals surface area contributed by atoms with Gasteiger partial charge in [0.2, 0.25) is 0 Å². The van der Waals surface area contributed by atoms with Crippen LogP contribution in [0.25, 0.3) is 0 Å². The molecular weight excluding hydrogens is 280 g/mol. The molecule has 2 rings (SSSR count). The third kappa shape index (κ3) is 3.42. The molecule has 0 spiro atoms. The Balaban J connectivity index is 2.42. The molecule has 2 aromatic rings. The fraction of sp³-hybridized carbons (Fsp3) is 0.353. The van der Waals surface area contributed by atoms with Crippen molar-refractivity contribution >= 4 is 11.4 Å². The minimum absolute atomic E-state index is 0.00632. The second-order valence-corrected chi connectivity index (χ2v) is 5.21. The van der Waals surface area contributed by atoms with Crippen LogP contribution in [0.1, 0.15) is 25.5 Å². The molecular formula is C17H22N2O3. The molecule has 0 saturated carbocycles. The number of H-pyrrole nitrogens is 1. The molecule has 1 aromatic carbocycles. The zero-order chi connectivity index (χ0) is 16.1. The molecule has 5 heteroatoms. The number of benzene rings is 1. The molecule has 0 unspecified atom stereocenters. The first-order chi connectivity index (χ1) is 10.6. The first-order valence-corrected chi connectivity index (χ1v) is 7.39. The van der Waals surface area contributed by atoms with Gasteiger partial charge in [-0.25, -0.2) is 0 Å². The number of aromatic amines is 1. The molecule has 0 radical (unpaired) electrons. The minimum Gasteiger partial charge on any atom is -0.505 e. The summed E-state index contributed by atoms with van der Waals surface area (Å²) in [6.07, 6.45) is 2.68. The minimum atomic E-state index is -0.282. The molecule has 1 heterocycles. The lowest BCUT2D eigenvalue weighted by atomic mass is 10.1. The van der Waals surface area contributed by atoms with Gasteiger partial charge in [0.05, 0.1) is 7.11 Å². The largest absolute Gasteiger partial charge is 0.505 e. The van der Waals surface area contributed by atoms with Crippen molar-refractivity contribution in [3.63, 3.8) is 0 Å². The van der Waals surface area contributed by atoms with Crippen LogP contribution in [0.5, 0.6) is 11.5 Å². The standard InChI is InChI=1S/C17H22N2O3/c1-4-5-6-14-17(15(20)11-16(21)18-14)19(2)12-7-9-13(22-3)10-8-12/h7-11H,4-6H2,1-3H3,(H2,18,20,21). The summed E-state index contributed by atoms with van der Waals surface area (Å²) in [5.41, 5.74) is 2.01. The maximum atomic E-state index is 11.6. The molecule has 0 atom stereocenters. The number of anilines is 2. The Morgan fingerprint density at radius 3 is 2.55 bits per heavy atom. The van der Waals surface area contributed by atoms with E-state index in [9.17, 15) is 9.90 Å². The van der Waals surface area contributed by atoms with Crippen LogP contribution < -0.4 is 15.2 Å². The first-order valence-electron chi connectivity index (χ1n) is 7.39. The summed E-state index contributed by atoms with van der Waals surface area (Å²) in [7, 11) is 3.49. The van der Waals surface area contributed by atoms with Crippen LogP contribution in [0, 0.1) is 0 Å². The fourth-order valence-corrected chi connectivity index (χ4v) is 2.43. The van der Waals surface area contributed by atoms with Crippen molar-refractivity contribution in [2.24, 2.45) is 0 Å². The smallest absolute Gasteiger partial charge is 0.251 e. The number of rotatable bonds is 6. The van der Waals surface area contributed by atoms with E-state index < -0.39 is 0 Å². The normalized spacial score (nSPS) is 10.5. The van der Waals surface area contributed by atoms with Gasteiger partial charge in [-0.3, -0.25) is 4.79 Å². The van der Waals surface area contributed by atoms with Crippen LogP contribution in [-0.4, -0.2) is 24.2 Å². The zero-order valence-electron chi connectivity index (χ0n) is 13.2. The highest BCUT2D eigenvalue weighted by molar-refractivity contribution is 5.70. The summed E-state index contributed by atoms with van der Waals surface area (Å²) in [5, 5.41) is 10.2. The van der Waals surface area contributed by atoms with E-state index in [4.69, 9.17) is 4.74 Å². The number of nitrogens with zero attached hydrogens (tertiary/aromatic N) is 1. The molecule has 118 valence electrons. The molecule has 2 N–H and O–H groups in total. The molecule has 0 saturated heterocycles. The number of unbranched alkanes of at least 4 members (excludes halogenated alkanes) is 1. The van der Waals surface area contributed by atoms with Gasteiger partial charge in [0.1, 0.15) is 17.2 Å². The Labute approximate surface area is 130 Å². The highest BCUT2D eigenvalue weighted by atomic mass is 16.5. The average molecular weight is 302 g/mol.